The Morgan fingerprint density at radius 3 is 2.39 bits per heavy atom. The fraction of sp³-hybridized carbons (Fsp3) is 0.511. The number of esters is 2. The van der Waals surface area contributed by atoms with Crippen molar-refractivity contribution in [1.82, 2.24) is 19.9 Å². The molecule has 56 heavy (non-hydrogen) atoms. The highest BCUT2D eigenvalue weighted by Crippen LogP contribution is 2.42. The van der Waals surface area contributed by atoms with Crippen molar-refractivity contribution in [2.75, 3.05) is 24.7 Å². The van der Waals surface area contributed by atoms with Gasteiger partial charge in [-0.3, -0.25) is 14.6 Å². The van der Waals surface area contributed by atoms with Crippen molar-refractivity contribution in [1.29, 1.82) is 0 Å². The van der Waals surface area contributed by atoms with Crippen LogP contribution in [0.1, 0.15) is 130 Å². The Labute approximate surface area is 335 Å². The zero-order valence-electron chi connectivity index (χ0n) is 34.3. The van der Waals surface area contributed by atoms with E-state index in [2.05, 4.69) is 82.4 Å². The maximum Gasteiger partial charge on any atom is 0.302 e. The molecule has 6 rings (SSSR count). The first kappa shape index (κ1) is 41.4. The Hall–Kier alpha value is -4.19. The molecule has 1 fully saturated rings. The van der Waals surface area contributed by atoms with Gasteiger partial charge in [0.05, 0.1) is 24.1 Å². The van der Waals surface area contributed by atoms with Crippen LogP contribution in [-0.4, -0.2) is 75.1 Å². The minimum atomic E-state index is -0.507. The monoisotopic (exact) mass is 782 g/mol. The lowest BCUT2D eigenvalue weighted by atomic mass is 9.86. The molecular formula is C45H58N4O6S. The van der Waals surface area contributed by atoms with Gasteiger partial charge in [0.2, 0.25) is 0 Å². The summed E-state index contributed by atoms with van der Waals surface area (Å²) < 4.78 is 22.6. The van der Waals surface area contributed by atoms with Crippen LogP contribution in [0, 0.1) is 20.8 Å². The third kappa shape index (κ3) is 9.49. The third-order valence-corrected chi connectivity index (χ3v) is 12.5. The lowest BCUT2D eigenvalue weighted by Crippen LogP contribution is -2.41. The van der Waals surface area contributed by atoms with Crippen LogP contribution in [0.2, 0.25) is 0 Å². The average molecular weight is 783 g/mol. The summed E-state index contributed by atoms with van der Waals surface area (Å²) in [5.74, 6) is 1.84. The second-order valence-corrected chi connectivity index (χ2v) is 16.6. The summed E-state index contributed by atoms with van der Waals surface area (Å²) >= 11 is 1.94. The lowest BCUT2D eigenvalue weighted by Gasteiger charge is -2.34. The predicted octanol–water partition coefficient (Wildman–Crippen LogP) is 10.0. The second-order valence-electron chi connectivity index (χ2n) is 15.4. The fourth-order valence-electron chi connectivity index (χ4n) is 8.24. The summed E-state index contributed by atoms with van der Waals surface area (Å²) in [4.78, 5) is 40.9. The number of thioether (sulfide) groups is 1. The van der Waals surface area contributed by atoms with E-state index in [0.717, 1.165) is 93.2 Å². The van der Waals surface area contributed by atoms with Gasteiger partial charge in [0, 0.05) is 77.5 Å². The summed E-state index contributed by atoms with van der Waals surface area (Å²) in [5.41, 5.74) is 15.6. The Bertz CT molecular complexity index is 2150. The molecule has 11 heteroatoms. The Morgan fingerprint density at radius 2 is 1.66 bits per heavy atom. The number of aryl methyl sites for hydroxylation is 3. The molecule has 2 N–H and O–H groups in total. The predicted molar refractivity (Wildman–Crippen MR) is 226 cm³/mol. The van der Waals surface area contributed by atoms with Gasteiger partial charge >= 0.3 is 11.9 Å². The summed E-state index contributed by atoms with van der Waals surface area (Å²) in [6.07, 6.45) is 5.56. The van der Waals surface area contributed by atoms with Crippen molar-refractivity contribution in [3.8, 4) is 0 Å². The first-order chi connectivity index (χ1) is 26.9. The highest BCUT2D eigenvalue weighted by atomic mass is 32.2. The fourth-order valence-corrected chi connectivity index (χ4v) is 9.14. The van der Waals surface area contributed by atoms with Crippen molar-refractivity contribution in [3.05, 3.63) is 75.9 Å². The molecular weight excluding hydrogens is 725 g/mol. The number of aromatic nitrogens is 4. The number of allylic oxidation sites excluding steroid dienone is 2. The number of carbonyl (C=O) groups is 2. The van der Waals surface area contributed by atoms with Crippen LogP contribution in [0.5, 0.6) is 0 Å². The van der Waals surface area contributed by atoms with E-state index in [4.69, 9.17) is 28.9 Å². The summed E-state index contributed by atoms with van der Waals surface area (Å²) in [5, 5.41) is 0. The number of carbonyl (C=O) groups excluding carboxylic acids is 2. The molecule has 3 aromatic rings. The van der Waals surface area contributed by atoms with Crippen LogP contribution < -0.4 is 0 Å². The van der Waals surface area contributed by atoms with Gasteiger partial charge in [-0.2, -0.15) is 11.8 Å². The summed E-state index contributed by atoms with van der Waals surface area (Å²) in [6, 6.07) is 8.87. The largest absolute Gasteiger partial charge is 0.463 e. The van der Waals surface area contributed by atoms with E-state index in [1.807, 2.05) is 17.8 Å². The molecule has 1 saturated heterocycles. The molecule has 300 valence electrons. The smallest absolute Gasteiger partial charge is 0.302 e. The number of nitrogens with one attached hydrogen (secondary N) is 2. The zero-order valence-corrected chi connectivity index (χ0v) is 35.1. The molecule has 6 heterocycles. The van der Waals surface area contributed by atoms with E-state index < -0.39 is 6.29 Å². The van der Waals surface area contributed by atoms with Crippen LogP contribution in [0.25, 0.3) is 39.3 Å². The van der Waals surface area contributed by atoms with Gasteiger partial charge in [-0.1, -0.05) is 26.5 Å². The molecule has 0 aliphatic carbocycles. The third-order valence-electron chi connectivity index (χ3n) is 11.4. The number of rotatable bonds is 14. The Kier molecular flexibility index (Phi) is 13.6. The van der Waals surface area contributed by atoms with Crippen molar-refractivity contribution >= 4 is 63.0 Å². The van der Waals surface area contributed by atoms with E-state index in [0.29, 0.717) is 25.4 Å². The van der Waals surface area contributed by atoms with E-state index in [1.54, 1.807) is 0 Å². The Balaban J connectivity index is 1.16. The number of hydrogen-bond donors (Lipinski definition) is 2. The quantitative estimate of drug-likeness (QED) is 0.121. The summed E-state index contributed by atoms with van der Waals surface area (Å²) in [6.45, 7) is 20.8. The average Bonchev–Trinajstić information content (AvgIpc) is 3.85. The number of H-pyrrole nitrogens is 2. The molecule has 0 radical (unpaired) electrons. The molecule has 0 saturated carbocycles. The maximum atomic E-state index is 11.6. The first-order valence-corrected chi connectivity index (χ1v) is 21.2. The molecule has 8 bridgehead atoms. The molecule has 0 amide bonds. The van der Waals surface area contributed by atoms with Crippen LogP contribution >= 0.6 is 11.8 Å². The topological polar surface area (TPSA) is 128 Å². The van der Waals surface area contributed by atoms with Crippen molar-refractivity contribution in [2.24, 2.45) is 0 Å². The normalized spacial score (nSPS) is 21.0. The van der Waals surface area contributed by atoms with Crippen LogP contribution in [0.15, 0.2) is 30.8 Å². The van der Waals surface area contributed by atoms with Gasteiger partial charge in [0.25, 0.3) is 0 Å². The molecule has 0 spiro atoms. The van der Waals surface area contributed by atoms with Gasteiger partial charge in [-0.15, -0.1) is 0 Å². The molecule has 5 atom stereocenters. The van der Waals surface area contributed by atoms with Gasteiger partial charge in [0.15, 0.2) is 6.29 Å². The SMILES string of the molecule is C=Cc1c(C)c2cc3nc(c(C)c4cc(C)c(cc5nc(cc1[nH]2)C(C)=C5CC)[nH]4)[C@@H](CCCSCCCO[C@H]1C[C@@H](OC(C)=O)C[C@@H](COC(C)=O)O1)[C@@H]3C. The first-order valence-electron chi connectivity index (χ1n) is 20.1. The second kappa shape index (κ2) is 18.4. The van der Waals surface area contributed by atoms with Crippen LogP contribution in [0.4, 0.5) is 0 Å². The van der Waals surface area contributed by atoms with Gasteiger partial charge in [0.1, 0.15) is 12.7 Å². The minimum Gasteiger partial charge on any atom is -0.463 e. The number of fused-ring (bicyclic) bond motifs is 8. The highest BCUT2D eigenvalue weighted by Gasteiger charge is 2.33. The van der Waals surface area contributed by atoms with E-state index in [1.165, 1.54) is 36.1 Å². The summed E-state index contributed by atoms with van der Waals surface area (Å²) in [7, 11) is 0. The van der Waals surface area contributed by atoms with Gasteiger partial charge in [-0.25, -0.2) is 4.98 Å². The number of nitrogens with zero attached hydrogens (tertiary/aromatic N) is 2. The van der Waals surface area contributed by atoms with E-state index in [-0.39, 0.29) is 36.7 Å². The number of aromatic amines is 2. The van der Waals surface area contributed by atoms with E-state index >= 15 is 0 Å². The Morgan fingerprint density at radius 1 is 0.929 bits per heavy atom. The molecule has 10 nitrogen and oxygen atoms in total. The minimum absolute atomic E-state index is 0.113. The van der Waals surface area contributed by atoms with Crippen LogP contribution in [0.3, 0.4) is 0 Å². The molecule has 0 aromatic carbocycles. The standard InChI is InChI=1S/C45H58N4O6S/c1-10-34-27(5)40-23-43-35(11-2)26(4)39(47-43)22-41-28(6)36(45(49-41)29(7)38-18-25(3)37(46-38)21-42(34)48-40)14-12-16-56-17-13-15-52-44-20-32(54-31(9)51)19-33(55-44)24-53-30(8)50/h11,18,21-23,28,32-33,36,44,46-47H,2,10,12-17,19-20,24H2,1,3-9H3/t28-,32-,33-,36-,44+/m0/s1. The molecule has 0 unspecified atom stereocenters. The van der Waals surface area contributed by atoms with E-state index in [9.17, 15) is 9.59 Å². The maximum absolute atomic E-state index is 11.6. The van der Waals surface area contributed by atoms with Crippen molar-refractivity contribution < 1.29 is 28.5 Å². The molecule has 3 aliphatic heterocycles. The number of ether oxygens (including phenoxy) is 4. The van der Waals surface area contributed by atoms with Crippen molar-refractivity contribution in [2.45, 2.75) is 124 Å². The van der Waals surface area contributed by atoms with Gasteiger partial charge < -0.3 is 28.9 Å². The van der Waals surface area contributed by atoms with Crippen molar-refractivity contribution in [3.63, 3.8) is 0 Å². The van der Waals surface area contributed by atoms with Gasteiger partial charge in [-0.05, 0) is 117 Å². The van der Waals surface area contributed by atoms with Crippen LogP contribution in [-0.2, 0) is 28.5 Å². The molecule has 3 aliphatic rings. The lowest BCUT2D eigenvalue weighted by molar-refractivity contribution is -0.229. The highest BCUT2D eigenvalue weighted by molar-refractivity contribution is 7.99. The number of hydrogen-bond acceptors (Lipinski definition) is 9. The zero-order chi connectivity index (χ0) is 40.1. The molecule has 3 aromatic heterocycles.